The minimum atomic E-state index is -3.02. The second-order valence-corrected chi connectivity index (χ2v) is 12.2. The minimum Gasteiger partial charge on any atom is -0.443 e. The maximum Gasteiger partial charge on any atom is 0.408 e. The fourth-order valence-corrected chi connectivity index (χ4v) is 6.20. The zero-order valence-corrected chi connectivity index (χ0v) is 25.6. The zero-order valence-electron chi connectivity index (χ0n) is 24.9. The van der Waals surface area contributed by atoms with Gasteiger partial charge in [-0.25, -0.2) is 41.7 Å². The lowest BCUT2D eigenvalue weighted by Gasteiger charge is -2.30. The molecule has 2 aromatic carbocycles. The van der Waals surface area contributed by atoms with Crippen molar-refractivity contribution in [3.63, 3.8) is 0 Å². The van der Waals surface area contributed by atoms with Crippen molar-refractivity contribution in [2.24, 2.45) is 10.7 Å². The molecule has 256 valence electrons. The average molecular weight is 708 g/mol. The van der Waals surface area contributed by atoms with Crippen LogP contribution in [0.3, 0.4) is 0 Å². The summed E-state index contributed by atoms with van der Waals surface area (Å²) in [5.74, 6) is -1.61. The van der Waals surface area contributed by atoms with Crippen LogP contribution in [0.2, 0.25) is 5.02 Å². The lowest BCUT2D eigenvalue weighted by Crippen LogP contribution is -2.49. The quantitative estimate of drug-likeness (QED) is 0.207. The number of alkyl halides is 6. The van der Waals surface area contributed by atoms with E-state index in [1.54, 1.807) is 24.3 Å². The SMILES string of the molecule is NC1=N[C@H](c2ccc(-c3cnn(C(F)F)c3)cc2)C(=O)N1C1(c2ccc(Cl)c(-n3ncnc3C(F)F)c2)C[C@@H]1OC(=O)NC1(C(F)F)CC1. The molecule has 0 radical (unpaired) electrons. The number of nitrogens with zero attached hydrogens (tertiary/aromatic N) is 7. The van der Waals surface area contributed by atoms with Crippen LogP contribution in [0.25, 0.3) is 16.8 Å². The fraction of sp³-hybridized carbons (Fsp3) is 0.333. The van der Waals surface area contributed by atoms with Gasteiger partial charge in [0.15, 0.2) is 17.8 Å². The third-order valence-electron chi connectivity index (χ3n) is 8.82. The summed E-state index contributed by atoms with van der Waals surface area (Å²) in [6.45, 7) is -2.82. The van der Waals surface area contributed by atoms with E-state index in [9.17, 15) is 35.9 Å². The van der Waals surface area contributed by atoms with Crippen LogP contribution in [-0.4, -0.2) is 65.5 Å². The first-order valence-corrected chi connectivity index (χ1v) is 15.1. The van der Waals surface area contributed by atoms with Crippen LogP contribution in [0.15, 0.2) is 66.2 Å². The van der Waals surface area contributed by atoms with Gasteiger partial charge in [0.05, 0.1) is 16.9 Å². The number of carbonyl (C=O) groups excluding carboxylic acids is 2. The number of hydrogen-bond donors (Lipinski definition) is 2. The van der Waals surface area contributed by atoms with Crippen molar-refractivity contribution < 1.29 is 40.7 Å². The van der Waals surface area contributed by atoms with E-state index in [1.165, 1.54) is 30.6 Å². The minimum absolute atomic E-state index is 0.00113. The van der Waals surface area contributed by atoms with Gasteiger partial charge >= 0.3 is 12.6 Å². The van der Waals surface area contributed by atoms with Crippen molar-refractivity contribution in [2.45, 2.75) is 61.9 Å². The van der Waals surface area contributed by atoms with Crippen LogP contribution in [-0.2, 0) is 15.1 Å². The maximum absolute atomic E-state index is 14.1. The normalized spacial score (nSPS) is 22.6. The summed E-state index contributed by atoms with van der Waals surface area (Å²) in [7, 11) is 0. The summed E-state index contributed by atoms with van der Waals surface area (Å²) in [4.78, 5) is 36.0. The van der Waals surface area contributed by atoms with E-state index >= 15 is 0 Å². The molecule has 0 saturated heterocycles. The highest BCUT2D eigenvalue weighted by molar-refractivity contribution is 6.32. The van der Waals surface area contributed by atoms with Crippen molar-refractivity contribution in [2.75, 3.05) is 0 Å². The number of guanidine groups is 1. The van der Waals surface area contributed by atoms with Gasteiger partial charge in [0.2, 0.25) is 0 Å². The van der Waals surface area contributed by atoms with E-state index in [0.29, 0.717) is 21.4 Å². The van der Waals surface area contributed by atoms with Gasteiger partial charge in [-0.2, -0.15) is 19.0 Å². The van der Waals surface area contributed by atoms with Crippen LogP contribution in [0.4, 0.5) is 31.1 Å². The highest BCUT2D eigenvalue weighted by atomic mass is 35.5. The van der Waals surface area contributed by atoms with Crippen LogP contribution >= 0.6 is 11.6 Å². The molecule has 7 rings (SSSR count). The molecule has 1 aliphatic heterocycles. The summed E-state index contributed by atoms with van der Waals surface area (Å²) in [6, 6.07) is 9.36. The number of carbonyl (C=O) groups is 2. The molecular formula is C30H24ClF6N9O3. The largest absolute Gasteiger partial charge is 0.443 e. The number of nitrogens with one attached hydrogen (secondary N) is 1. The predicted octanol–water partition coefficient (Wildman–Crippen LogP) is 5.51. The standard InChI is InChI=1S/C30H24ClF6N9O3/c31-18-6-5-17(9-19(18)46-23(22(32)33)39-13-41-46)30(10-20(30)49-28(48)43-29(7-8-29)25(34)35)45-24(47)21(42-27(45)38)15-3-1-14(2-4-15)16-11-40-44(12-16)26(36)37/h1-6,9,11-13,20-22,25-26H,7-8,10H2,(H2,38,42)(H,43,48)/t20-,21+,30?/m0/s1. The van der Waals surface area contributed by atoms with Crippen molar-refractivity contribution in [3.8, 4) is 16.8 Å². The number of halogens is 7. The lowest BCUT2D eigenvalue weighted by atomic mass is 9.99. The molecule has 2 saturated carbocycles. The molecule has 2 aromatic heterocycles. The second kappa shape index (κ2) is 11.8. The Hall–Kier alpha value is -5.13. The predicted molar refractivity (Wildman–Crippen MR) is 159 cm³/mol. The molecule has 3 atom stereocenters. The van der Waals surface area contributed by atoms with Crippen molar-refractivity contribution in [3.05, 3.63) is 83.2 Å². The monoisotopic (exact) mass is 707 g/mol. The Morgan fingerprint density at radius 1 is 1.04 bits per heavy atom. The van der Waals surface area contributed by atoms with Gasteiger partial charge in [-0.1, -0.05) is 41.9 Å². The summed E-state index contributed by atoms with van der Waals surface area (Å²) >= 11 is 6.39. The number of alkyl carbamates (subject to hydrolysis) is 1. The van der Waals surface area contributed by atoms with E-state index in [4.69, 9.17) is 22.1 Å². The van der Waals surface area contributed by atoms with Crippen LogP contribution < -0.4 is 11.1 Å². The van der Waals surface area contributed by atoms with E-state index in [2.05, 4.69) is 25.5 Å². The number of aliphatic imine (C=N–C) groups is 1. The first kappa shape index (κ1) is 32.4. The molecule has 1 unspecified atom stereocenters. The van der Waals surface area contributed by atoms with Crippen LogP contribution in [0.5, 0.6) is 0 Å². The molecule has 2 aliphatic carbocycles. The van der Waals surface area contributed by atoms with Gasteiger partial charge in [0.1, 0.15) is 23.5 Å². The first-order chi connectivity index (χ1) is 23.3. The molecule has 12 nitrogen and oxygen atoms in total. The molecule has 3 N–H and O–H groups in total. The molecule has 2 fully saturated rings. The molecule has 4 aromatic rings. The summed E-state index contributed by atoms with van der Waals surface area (Å²) in [5, 5.41) is 9.70. The van der Waals surface area contributed by atoms with Crippen LogP contribution in [0.1, 0.15) is 55.2 Å². The van der Waals surface area contributed by atoms with Crippen molar-refractivity contribution in [1.29, 1.82) is 0 Å². The summed E-state index contributed by atoms with van der Waals surface area (Å²) in [5.41, 5.74) is 4.64. The number of rotatable bonds is 10. The third-order valence-corrected chi connectivity index (χ3v) is 9.14. The van der Waals surface area contributed by atoms with Crippen molar-refractivity contribution >= 4 is 29.6 Å². The molecule has 19 heteroatoms. The number of benzene rings is 2. The number of hydrogen-bond acceptors (Lipinski definition) is 8. The Balaban J connectivity index is 1.22. The molecule has 0 spiro atoms. The van der Waals surface area contributed by atoms with E-state index in [1.807, 2.05) is 0 Å². The Morgan fingerprint density at radius 2 is 1.78 bits per heavy atom. The van der Waals surface area contributed by atoms with Gasteiger partial charge in [0, 0.05) is 18.2 Å². The zero-order chi connectivity index (χ0) is 34.8. The van der Waals surface area contributed by atoms with E-state index in [0.717, 1.165) is 15.9 Å². The molecule has 0 bridgehead atoms. The topological polar surface area (TPSA) is 146 Å². The molecule has 2 amide bonds. The fourth-order valence-electron chi connectivity index (χ4n) is 6.00. The first-order valence-electron chi connectivity index (χ1n) is 14.7. The van der Waals surface area contributed by atoms with E-state index < -0.39 is 60.4 Å². The number of aromatic nitrogens is 5. The van der Waals surface area contributed by atoms with Gasteiger partial charge in [0.25, 0.3) is 18.8 Å². The van der Waals surface area contributed by atoms with E-state index in [-0.39, 0.29) is 41.5 Å². The van der Waals surface area contributed by atoms with Gasteiger partial charge in [-0.15, -0.1) is 0 Å². The Labute approximate surface area is 277 Å². The molecule has 3 heterocycles. The smallest absolute Gasteiger partial charge is 0.408 e. The Morgan fingerprint density at radius 3 is 2.41 bits per heavy atom. The van der Waals surface area contributed by atoms with Gasteiger partial charge in [-0.3, -0.25) is 9.69 Å². The Kier molecular flexibility index (Phi) is 7.79. The lowest BCUT2D eigenvalue weighted by molar-refractivity contribution is -0.130. The summed E-state index contributed by atoms with van der Waals surface area (Å²) in [6.07, 6.45) is -4.72. The molecule has 49 heavy (non-hydrogen) atoms. The highest BCUT2D eigenvalue weighted by Gasteiger charge is 2.67. The highest BCUT2D eigenvalue weighted by Crippen LogP contribution is 2.56. The average Bonchev–Trinajstić information content (AvgIpc) is 3.74. The van der Waals surface area contributed by atoms with Gasteiger partial charge in [-0.05, 0) is 41.7 Å². The Bertz CT molecular complexity index is 1970. The van der Waals surface area contributed by atoms with Gasteiger partial charge < -0.3 is 15.8 Å². The second-order valence-electron chi connectivity index (χ2n) is 11.8. The summed E-state index contributed by atoms with van der Waals surface area (Å²) < 4.78 is 87.5. The molecular weight excluding hydrogens is 684 g/mol. The maximum atomic E-state index is 14.1. The van der Waals surface area contributed by atoms with Crippen molar-refractivity contribution in [1.82, 2.24) is 34.8 Å². The number of nitrogens with two attached hydrogens (primary N) is 1. The third kappa shape index (κ3) is 5.52. The van der Waals surface area contributed by atoms with Crippen LogP contribution in [0, 0.1) is 0 Å². The number of ether oxygens (including phenoxy) is 1. The number of amides is 2. The molecule has 3 aliphatic rings.